The van der Waals surface area contributed by atoms with Crippen molar-refractivity contribution in [2.75, 3.05) is 6.61 Å². The molecule has 0 saturated heterocycles. The van der Waals surface area contributed by atoms with Gasteiger partial charge in [0.05, 0.1) is 12.2 Å². The molecule has 1 aromatic heterocycles. The zero-order valence-electron chi connectivity index (χ0n) is 13.2. The number of carbonyl (C=O) groups excluding carboxylic acids is 2. The summed E-state index contributed by atoms with van der Waals surface area (Å²) in [6.07, 6.45) is 3.75. The van der Waals surface area contributed by atoms with Gasteiger partial charge in [0.15, 0.2) is 0 Å². The number of halogens is 1. The Kier molecular flexibility index (Phi) is 6.57. The number of nitrogens with one attached hydrogen (secondary N) is 2. The molecular formula is C17H18ClN3O3. The average molecular weight is 348 g/mol. The number of hydrogen-bond acceptors (Lipinski definition) is 4. The van der Waals surface area contributed by atoms with E-state index in [0.717, 1.165) is 5.56 Å². The predicted octanol–water partition coefficient (Wildman–Crippen LogP) is 2.66. The molecule has 24 heavy (non-hydrogen) atoms. The summed E-state index contributed by atoms with van der Waals surface area (Å²) < 4.78 is 5.55. The van der Waals surface area contributed by atoms with Crippen LogP contribution in [0.5, 0.6) is 5.75 Å². The molecule has 2 aromatic rings. The van der Waals surface area contributed by atoms with Gasteiger partial charge >= 0.3 is 0 Å². The van der Waals surface area contributed by atoms with Gasteiger partial charge in [0.2, 0.25) is 5.91 Å². The van der Waals surface area contributed by atoms with Crippen LogP contribution in [0.15, 0.2) is 42.7 Å². The van der Waals surface area contributed by atoms with E-state index in [0.29, 0.717) is 29.4 Å². The van der Waals surface area contributed by atoms with E-state index in [4.69, 9.17) is 16.3 Å². The molecule has 1 aromatic carbocycles. The Labute approximate surface area is 145 Å². The minimum absolute atomic E-state index is 0.236. The third-order valence-electron chi connectivity index (χ3n) is 3.19. The fraction of sp³-hybridized carbons (Fsp3) is 0.235. The summed E-state index contributed by atoms with van der Waals surface area (Å²) in [5.41, 5.74) is 6.00. The number of rotatable bonds is 6. The van der Waals surface area contributed by atoms with Crippen molar-refractivity contribution in [3.05, 3.63) is 58.9 Å². The molecule has 2 rings (SSSR count). The number of amides is 2. The van der Waals surface area contributed by atoms with Crippen molar-refractivity contribution in [3.63, 3.8) is 0 Å². The fourth-order valence-corrected chi connectivity index (χ4v) is 2.01. The molecule has 0 aliphatic heterocycles. The van der Waals surface area contributed by atoms with Gasteiger partial charge in [-0.15, -0.1) is 0 Å². The summed E-state index contributed by atoms with van der Waals surface area (Å²) >= 11 is 5.94. The van der Waals surface area contributed by atoms with Crippen LogP contribution in [0.4, 0.5) is 0 Å². The van der Waals surface area contributed by atoms with Crippen molar-refractivity contribution in [3.8, 4) is 5.75 Å². The molecule has 2 amide bonds. The molecular weight excluding hydrogens is 330 g/mol. The molecule has 0 fully saturated rings. The number of hydrogen-bond donors (Lipinski definition) is 2. The van der Waals surface area contributed by atoms with Crippen LogP contribution >= 0.6 is 11.6 Å². The minimum atomic E-state index is -0.413. The molecule has 0 saturated carbocycles. The maximum atomic E-state index is 11.7. The molecule has 0 aliphatic carbocycles. The molecule has 0 atom stereocenters. The molecule has 0 aliphatic rings. The van der Waals surface area contributed by atoms with Crippen LogP contribution in [0.25, 0.3) is 0 Å². The van der Waals surface area contributed by atoms with Crippen molar-refractivity contribution in [1.29, 1.82) is 0 Å². The monoisotopic (exact) mass is 347 g/mol. The lowest BCUT2D eigenvalue weighted by molar-refractivity contribution is -0.122. The second-order valence-corrected chi connectivity index (χ2v) is 5.51. The van der Waals surface area contributed by atoms with Gasteiger partial charge in [-0.2, -0.15) is 0 Å². The zero-order valence-corrected chi connectivity index (χ0v) is 14.0. The van der Waals surface area contributed by atoms with E-state index < -0.39 is 5.91 Å². The molecule has 0 unspecified atom stereocenters. The first-order valence-electron chi connectivity index (χ1n) is 7.44. The van der Waals surface area contributed by atoms with Gasteiger partial charge in [0, 0.05) is 23.8 Å². The summed E-state index contributed by atoms with van der Waals surface area (Å²) in [6, 6.07) is 8.65. The highest BCUT2D eigenvalue weighted by molar-refractivity contribution is 6.31. The maximum Gasteiger partial charge on any atom is 0.271 e. The minimum Gasteiger partial charge on any atom is -0.494 e. The zero-order chi connectivity index (χ0) is 17.4. The number of benzene rings is 1. The average Bonchev–Trinajstić information content (AvgIpc) is 2.60. The summed E-state index contributed by atoms with van der Waals surface area (Å²) in [5.74, 6) is 0.00894. The van der Waals surface area contributed by atoms with Crippen LogP contribution in [0.3, 0.4) is 0 Å². The first-order chi connectivity index (χ1) is 11.6. The van der Waals surface area contributed by atoms with E-state index in [2.05, 4.69) is 15.8 Å². The Hall–Kier alpha value is -2.60. The Bertz CT molecular complexity index is 707. The lowest BCUT2D eigenvalue weighted by Gasteiger charge is -2.09. The number of aromatic nitrogens is 1. The molecule has 6 nitrogen and oxygen atoms in total. The quantitative estimate of drug-likeness (QED) is 0.622. The third kappa shape index (κ3) is 5.55. The number of aryl methyl sites for hydroxylation is 1. The Morgan fingerprint density at radius 3 is 2.79 bits per heavy atom. The molecule has 0 spiro atoms. The van der Waals surface area contributed by atoms with Crippen LogP contribution in [0, 0.1) is 6.92 Å². The third-order valence-corrected chi connectivity index (χ3v) is 3.61. The highest BCUT2D eigenvalue weighted by Gasteiger charge is 2.07. The normalized spacial score (nSPS) is 10.1. The number of ether oxygens (including phenoxy) is 1. The van der Waals surface area contributed by atoms with Crippen molar-refractivity contribution in [1.82, 2.24) is 15.8 Å². The number of hydrazine groups is 1. The first-order valence-corrected chi connectivity index (χ1v) is 7.82. The van der Waals surface area contributed by atoms with Crippen LogP contribution in [0.2, 0.25) is 5.02 Å². The number of nitrogens with zero attached hydrogens (tertiary/aromatic N) is 1. The SMILES string of the molecule is Cc1cc(OCCCC(=O)NNC(=O)c2cccnc2)ccc1Cl. The Morgan fingerprint density at radius 1 is 1.25 bits per heavy atom. The summed E-state index contributed by atoms with van der Waals surface area (Å²) in [4.78, 5) is 27.2. The second kappa shape index (κ2) is 8.88. The van der Waals surface area contributed by atoms with Gasteiger partial charge in [-0.1, -0.05) is 11.6 Å². The standard InChI is InChI=1S/C17H18ClN3O3/c1-12-10-14(6-7-15(12)18)24-9-3-5-16(22)20-21-17(23)13-4-2-8-19-11-13/h2,4,6-8,10-11H,3,5,9H2,1H3,(H,20,22)(H,21,23). The Balaban J connectivity index is 1.64. The Morgan fingerprint density at radius 2 is 2.08 bits per heavy atom. The predicted molar refractivity (Wildman–Crippen MR) is 90.8 cm³/mol. The topological polar surface area (TPSA) is 80.3 Å². The first kappa shape index (κ1) is 17.7. The van der Waals surface area contributed by atoms with Crippen LogP contribution in [-0.4, -0.2) is 23.4 Å². The lowest BCUT2D eigenvalue weighted by Crippen LogP contribution is -2.41. The summed E-state index contributed by atoms with van der Waals surface area (Å²) in [6.45, 7) is 2.29. The van der Waals surface area contributed by atoms with Crippen LogP contribution < -0.4 is 15.6 Å². The highest BCUT2D eigenvalue weighted by Crippen LogP contribution is 2.21. The molecule has 1 heterocycles. The smallest absolute Gasteiger partial charge is 0.271 e. The molecule has 2 N–H and O–H groups in total. The molecule has 0 bridgehead atoms. The fourth-order valence-electron chi connectivity index (χ4n) is 1.89. The van der Waals surface area contributed by atoms with Gasteiger partial charge in [-0.25, -0.2) is 0 Å². The summed E-state index contributed by atoms with van der Waals surface area (Å²) in [5, 5.41) is 0.686. The van der Waals surface area contributed by atoms with E-state index in [-0.39, 0.29) is 12.3 Å². The van der Waals surface area contributed by atoms with Gasteiger partial charge in [0.25, 0.3) is 5.91 Å². The van der Waals surface area contributed by atoms with E-state index in [1.54, 1.807) is 30.5 Å². The molecule has 126 valence electrons. The lowest BCUT2D eigenvalue weighted by atomic mass is 10.2. The molecule has 7 heteroatoms. The van der Waals surface area contributed by atoms with Crippen molar-refractivity contribution < 1.29 is 14.3 Å². The van der Waals surface area contributed by atoms with E-state index in [1.807, 2.05) is 13.0 Å². The van der Waals surface area contributed by atoms with E-state index in [1.165, 1.54) is 6.20 Å². The van der Waals surface area contributed by atoms with Gasteiger partial charge in [0.1, 0.15) is 5.75 Å². The van der Waals surface area contributed by atoms with Crippen molar-refractivity contribution >= 4 is 23.4 Å². The van der Waals surface area contributed by atoms with Crippen LogP contribution in [0.1, 0.15) is 28.8 Å². The van der Waals surface area contributed by atoms with Crippen LogP contribution in [-0.2, 0) is 4.79 Å². The number of pyridine rings is 1. The van der Waals surface area contributed by atoms with Crippen molar-refractivity contribution in [2.45, 2.75) is 19.8 Å². The number of carbonyl (C=O) groups is 2. The van der Waals surface area contributed by atoms with E-state index in [9.17, 15) is 9.59 Å². The largest absolute Gasteiger partial charge is 0.494 e. The maximum absolute atomic E-state index is 11.7. The van der Waals surface area contributed by atoms with Crippen molar-refractivity contribution in [2.24, 2.45) is 0 Å². The second-order valence-electron chi connectivity index (χ2n) is 5.11. The molecule has 0 radical (unpaired) electrons. The van der Waals surface area contributed by atoms with Gasteiger partial charge < -0.3 is 4.74 Å². The highest BCUT2D eigenvalue weighted by atomic mass is 35.5. The van der Waals surface area contributed by atoms with Gasteiger partial charge in [-0.05, 0) is 49.2 Å². The van der Waals surface area contributed by atoms with Gasteiger partial charge in [-0.3, -0.25) is 25.4 Å². The summed E-state index contributed by atoms with van der Waals surface area (Å²) in [7, 11) is 0. The van der Waals surface area contributed by atoms with E-state index >= 15 is 0 Å².